The van der Waals surface area contributed by atoms with Crippen LogP contribution in [0.4, 0.5) is 0 Å². The normalized spacial score (nSPS) is 9.85. The Bertz CT molecular complexity index is 448. The second-order valence-electron chi connectivity index (χ2n) is 4.35. The van der Waals surface area contributed by atoms with Gasteiger partial charge in [-0.1, -0.05) is 32.8 Å². The van der Waals surface area contributed by atoms with E-state index in [1.807, 2.05) is 0 Å². The van der Waals surface area contributed by atoms with Crippen molar-refractivity contribution in [3.05, 3.63) is 42.5 Å². The molecule has 0 heterocycles. The molecular formula is C16H20O4. The lowest BCUT2D eigenvalue weighted by Gasteiger charge is -2.05. The van der Waals surface area contributed by atoms with Crippen LogP contribution >= 0.6 is 0 Å². The van der Waals surface area contributed by atoms with Gasteiger partial charge in [0.1, 0.15) is 5.75 Å². The molecule has 0 aliphatic rings. The molecule has 4 nitrogen and oxygen atoms in total. The van der Waals surface area contributed by atoms with Gasteiger partial charge in [-0.05, 0) is 30.7 Å². The molecule has 0 aliphatic heterocycles. The molecular weight excluding hydrogens is 256 g/mol. The van der Waals surface area contributed by atoms with Crippen molar-refractivity contribution < 1.29 is 19.1 Å². The van der Waals surface area contributed by atoms with E-state index in [-0.39, 0.29) is 5.97 Å². The average molecular weight is 276 g/mol. The molecule has 0 bridgehead atoms. The highest BCUT2D eigenvalue weighted by Crippen LogP contribution is 2.13. The smallest absolute Gasteiger partial charge is 0.338 e. The number of hydrogen-bond acceptors (Lipinski definition) is 4. The Balaban J connectivity index is 2.41. The van der Waals surface area contributed by atoms with Crippen molar-refractivity contribution >= 4 is 11.9 Å². The first-order chi connectivity index (χ1) is 9.67. The number of ether oxygens (including phenoxy) is 2. The third-order valence-electron chi connectivity index (χ3n) is 2.71. The quantitative estimate of drug-likeness (QED) is 0.315. The van der Waals surface area contributed by atoms with Gasteiger partial charge in [0.15, 0.2) is 0 Å². The highest BCUT2D eigenvalue weighted by atomic mass is 16.5. The Morgan fingerprint density at radius 1 is 1.15 bits per heavy atom. The second kappa shape index (κ2) is 8.91. The minimum Gasteiger partial charge on any atom is -0.462 e. The fourth-order valence-corrected chi connectivity index (χ4v) is 1.59. The second-order valence-corrected chi connectivity index (χ2v) is 4.35. The van der Waals surface area contributed by atoms with Crippen molar-refractivity contribution in [1.82, 2.24) is 0 Å². The number of hydrogen-bond donors (Lipinski definition) is 0. The minimum atomic E-state index is -0.531. The molecule has 0 spiro atoms. The van der Waals surface area contributed by atoms with Gasteiger partial charge >= 0.3 is 11.9 Å². The predicted octanol–water partition coefficient (Wildman–Crippen LogP) is 3.52. The van der Waals surface area contributed by atoms with Gasteiger partial charge in [-0.3, -0.25) is 0 Å². The summed E-state index contributed by atoms with van der Waals surface area (Å²) in [5, 5.41) is 0. The van der Waals surface area contributed by atoms with E-state index < -0.39 is 5.97 Å². The molecule has 0 N–H and O–H groups in total. The maximum absolute atomic E-state index is 11.7. The number of carbonyl (C=O) groups excluding carboxylic acids is 2. The van der Waals surface area contributed by atoms with Crippen molar-refractivity contribution in [2.24, 2.45) is 0 Å². The van der Waals surface area contributed by atoms with Crippen molar-refractivity contribution in [2.75, 3.05) is 6.61 Å². The van der Waals surface area contributed by atoms with Crippen LogP contribution in [0.25, 0.3) is 0 Å². The fourth-order valence-electron chi connectivity index (χ4n) is 1.59. The molecule has 1 aromatic rings. The summed E-state index contributed by atoms with van der Waals surface area (Å²) in [6.07, 6.45) is 5.34. The summed E-state index contributed by atoms with van der Waals surface area (Å²) in [5.41, 5.74) is 0.443. The van der Waals surface area contributed by atoms with Crippen molar-refractivity contribution in [3.63, 3.8) is 0 Å². The molecule has 0 amide bonds. The van der Waals surface area contributed by atoms with E-state index in [2.05, 4.69) is 13.5 Å². The van der Waals surface area contributed by atoms with Gasteiger partial charge in [0.25, 0.3) is 0 Å². The summed E-state index contributed by atoms with van der Waals surface area (Å²) in [6.45, 7) is 5.88. The predicted molar refractivity (Wildman–Crippen MR) is 76.7 cm³/mol. The molecule has 0 fully saturated rings. The third-order valence-corrected chi connectivity index (χ3v) is 2.71. The third kappa shape index (κ3) is 5.69. The highest BCUT2D eigenvalue weighted by Gasteiger charge is 2.07. The molecule has 0 aliphatic carbocycles. The zero-order valence-corrected chi connectivity index (χ0v) is 11.8. The van der Waals surface area contributed by atoms with Gasteiger partial charge in [-0.25, -0.2) is 9.59 Å². The van der Waals surface area contributed by atoms with E-state index in [9.17, 15) is 9.59 Å². The maximum Gasteiger partial charge on any atom is 0.338 e. The number of unbranched alkanes of at least 4 members (excludes halogenated alkanes) is 3. The number of rotatable bonds is 8. The zero-order valence-electron chi connectivity index (χ0n) is 11.8. The summed E-state index contributed by atoms with van der Waals surface area (Å²) in [6, 6.07) is 6.24. The van der Waals surface area contributed by atoms with Gasteiger partial charge in [-0.15, -0.1) is 0 Å². The molecule has 0 saturated carbocycles. The highest BCUT2D eigenvalue weighted by molar-refractivity contribution is 5.89. The Hall–Kier alpha value is -2.10. The van der Waals surface area contributed by atoms with Gasteiger partial charge < -0.3 is 9.47 Å². The van der Waals surface area contributed by atoms with Crippen LogP contribution in [-0.2, 0) is 9.53 Å². The summed E-state index contributed by atoms with van der Waals surface area (Å²) in [7, 11) is 0. The van der Waals surface area contributed by atoms with Crippen LogP contribution in [0.3, 0.4) is 0 Å². The van der Waals surface area contributed by atoms with Crippen molar-refractivity contribution in [2.45, 2.75) is 32.6 Å². The SMILES string of the molecule is C=CC(=O)Oc1ccc(C(=O)OCCCCCC)cc1. The lowest BCUT2D eigenvalue weighted by molar-refractivity contribution is -0.128. The monoisotopic (exact) mass is 276 g/mol. The van der Waals surface area contributed by atoms with Gasteiger partial charge in [0.2, 0.25) is 0 Å². The first-order valence-electron chi connectivity index (χ1n) is 6.78. The van der Waals surface area contributed by atoms with E-state index >= 15 is 0 Å². The molecule has 108 valence electrons. The largest absolute Gasteiger partial charge is 0.462 e. The van der Waals surface area contributed by atoms with Crippen LogP contribution in [-0.4, -0.2) is 18.5 Å². The molecule has 4 heteroatoms. The van der Waals surface area contributed by atoms with Gasteiger partial charge in [0.05, 0.1) is 12.2 Å². The van der Waals surface area contributed by atoms with Gasteiger partial charge in [0, 0.05) is 6.08 Å². The lowest BCUT2D eigenvalue weighted by Crippen LogP contribution is -2.07. The lowest BCUT2D eigenvalue weighted by atomic mass is 10.2. The maximum atomic E-state index is 11.7. The molecule has 0 radical (unpaired) electrons. The van der Waals surface area contributed by atoms with Gasteiger partial charge in [-0.2, -0.15) is 0 Å². The van der Waals surface area contributed by atoms with E-state index in [0.29, 0.717) is 17.9 Å². The van der Waals surface area contributed by atoms with E-state index in [4.69, 9.17) is 9.47 Å². The molecule has 0 unspecified atom stereocenters. The minimum absolute atomic E-state index is 0.358. The average Bonchev–Trinajstić information content (AvgIpc) is 2.47. The van der Waals surface area contributed by atoms with Crippen molar-refractivity contribution in [1.29, 1.82) is 0 Å². The summed E-state index contributed by atoms with van der Waals surface area (Å²) >= 11 is 0. The first-order valence-corrected chi connectivity index (χ1v) is 6.78. The Morgan fingerprint density at radius 2 is 1.85 bits per heavy atom. The van der Waals surface area contributed by atoms with E-state index in [1.165, 1.54) is 0 Å². The molecule has 20 heavy (non-hydrogen) atoms. The molecule has 0 atom stereocenters. The molecule has 1 rings (SSSR count). The number of carbonyl (C=O) groups is 2. The van der Waals surface area contributed by atoms with Crippen LogP contribution in [0.1, 0.15) is 43.0 Å². The van der Waals surface area contributed by atoms with Crippen molar-refractivity contribution in [3.8, 4) is 5.75 Å². The standard InChI is InChI=1S/C16H20O4/c1-3-5-6-7-12-19-16(18)13-8-10-14(11-9-13)20-15(17)4-2/h4,8-11H,2-3,5-7,12H2,1H3. The Kier molecular flexibility index (Phi) is 7.11. The Morgan fingerprint density at radius 3 is 2.45 bits per heavy atom. The van der Waals surface area contributed by atoms with E-state index in [1.54, 1.807) is 24.3 Å². The number of esters is 2. The van der Waals surface area contributed by atoms with Crippen LogP contribution in [0.15, 0.2) is 36.9 Å². The van der Waals surface area contributed by atoms with Crippen LogP contribution in [0, 0.1) is 0 Å². The molecule has 0 aromatic heterocycles. The number of benzene rings is 1. The van der Waals surface area contributed by atoms with E-state index in [0.717, 1.165) is 31.8 Å². The topological polar surface area (TPSA) is 52.6 Å². The molecule has 1 aromatic carbocycles. The molecule has 0 saturated heterocycles. The van der Waals surface area contributed by atoms with Crippen LogP contribution in [0.5, 0.6) is 5.75 Å². The Labute approximate surface area is 119 Å². The summed E-state index contributed by atoms with van der Waals surface area (Å²) in [4.78, 5) is 22.7. The fraction of sp³-hybridized carbons (Fsp3) is 0.375. The summed E-state index contributed by atoms with van der Waals surface area (Å²) in [5.74, 6) is -0.520. The van der Waals surface area contributed by atoms with Crippen LogP contribution < -0.4 is 4.74 Å². The summed E-state index contributed by atoms with van der Waals surface area (Å²) < 4.78 is 10.1. The van der Waals surface area contributed by atoms with Crippen LogP contribution in [0.2, 0.25) is 0 Å². The zero-order chi connectivity index (χ0) is 14.8. The first kappa shape index (κ1) is 16.0.